The number of hydrogen-bond acceptors (Lipinski definition) is 3. The molecule has 1 aliphatic carbocycles. The molecule has 0 aromatic carbocycles. The Bertz CT molecular complexity index is 659. The zero-order valence-electron chi connectivity index (χ0n) is 30.2. The zero-order chi connectivity index (χ0) is 31.8. The highest BCUT2D eigenvalue weighted by Crippen LogP contribution is 2.41. The number of unbranched alkanes of at least 4 members (excludes halogenated alkanes) is 24. The minimum absolute atomic E-state index is 0.0612. The Kier molecular flexibility index (Phi) is 30.4. The Balaban J connectivity index is 2.36. The van der Waals surface area contributed by atoms with Gasteiger partial charge in [0, 0.05) is 16.9 Å². The summed E-state index contributed by atoms with van der Waals surface area (Å²) >= 11 is 4.18. The summed E-state index contributed by atoms with van der Waals surface area (Å²) in [5, 5.41) is 11.8. The van der Waals surface area contributed by atoms with E-state index in [0.717, 1.165) is 17.9 Å². The molecule has 0 aromatic heterocycles. The Hall–Kier alpha value is 0.140. The largest absolute Gasteiger partial charge is 0.388 e. The highest BCUT2D eigenvalue weighted by atomic mass is 32.2. The highest BCUT2D eigenvalue weighted by molar-refractivity contribution is 7.99. The van der Waals surface area contributed by atoms with E-state index in [4.69, 9.17) is 0 Å². The van der Waals surface area contributed by atoms with Gasteiger partial charge in [-0.2, -0.15) is 23.5 Å². The van der Waals surface area contributed by atoms with E-state index in [1.165, 1.54) is 190 Å². The van der Waals surface area contributed by atoms with Crippen LogP contribution in [0.15, 0.2) is 23.8 Å². The van der Waals surface area contributed by atoms with Gasteiger partial charge in [0.05, 0.1) is 6.10 Å². The van der Waals surface area contributed by atoms with Crippen molar-refractivity contribution in [1.29, 1.82) is 0 Å². The van der Waals surface area contributed by atoms with Crippen LogP contribution in [0, 0.1) is 5.41 Å². The van der Waals surface area contributed by atoms with E-state index >= 15 is 0 Å². The van der Waals surface area contributed by atoms with Crippen molar-refractivity contribution < 1.29 is 5.11 Å². The first-order valence-electron chi connectivity index (χ1n) is 19.9. The molecule has 1 rings (SSSR count). The van der Waals surface area contributed by atoms with Crippen LogP contribution < -0.4 is 0 Å². The second-order valence-corrected chi connectivity index (χ2v) is 16.3. The summed E-state index contributed by atoms with van der Waals surface area (Å²) in [5.41, 5.74) is 1.22. The molecule has 0 saturated heterocycles. The third-order valence-electron chi connectivity index (χ3n) is 9.80. The Morgan fingerprint density at radius 2 is 0.909 bits per heavy atom. The van der Waals surface area contributed by atoms with Crippen LogP contribution in [0.25, 0.3) is 0 Å². The molecule has 1 aliphatic rings. The molecule has 0 radical (unpaired) electrons. The van der Waals surface area contributed by atoms with E-state index in [9.17, 15) is 5.11 Å². The number of aliphatic hydroxyl groups excluding tert-OH is 1. The van der Waals surface area contributed by atoms with E-state index < -0.39 is 0 Å². The minimum atomic E-state index is -0.298. The zero-order valence-corrected chi connectivity index (χ0v) is 31.8. The topological polar surface area (TPSA) is 20.2 Å². The van der Waals surface area contributed by atoms with Gasteiger partial charge in [0.15, 0.2) is 0 Å². The summed E-state index contributed by atoms with van der Waals surface area (Å²) < 4.78 is 0. The maximum atomic E-state index is 11.8. The molecule has 2 atom stereocenters. The summed E-state index contributed by atoms with van der Waals surface area (Å²) in [6.07, 6.45) is 45.3. The molecule has 1 nitrogen and oxygen atoms in total. The predicted molar refractivity (Wildman–Crippen MR) is 207 cm³/mol. The van der Waals surface area contributed by atoms with E-state index in [1.807, 2.05) is 0 Å². The average molecular weight is 651 g/mol. The molecule has 0 aromatic rings. The van der Waals surface area contributed by atoms with E-state index in [-0.39, 0.29) is 11.5 Å². The lowest BCUT2D eigenvalue weighted by molar-refractivity contribution is 0.0950. The van der Waals surface area contributed by atoms with Crippen LogP contribution in [0.1, 0.15) is 201 Å². The average Bonchev–Trinajstić information content (AvgIpc) is 3.03. The molecule has 0 amide bonds. The number of hydrogen-bond donors (Lipinski definition) is 1. The first-order chi connectivity index (χ1) is 21.7. The van der Waals surface area contributed by atoms with E-state index in [1.54, 1.807) is 0 Å². The van der Waals surface area contributed by atoms with Gasteiger partial charge in [-0.1, -0.05) is 200 Å². The lowest BCUT2D eigenvalue weighted by Crippen LogP contribution is -2.39. The molecule has 3 heteroatoms. The Morgan fingerprint density at radius 1 is 0.523 bits per heavy atom. The SMILES string of the molecule is CCCCCCCCCCCCSCC1=CC=CC(CCCCCCCCC)(CSCCCCCCCCCCCC)C1O. The summed E-state index contributed by atoms with van der Waals surface area (Å²) in [6.45, 7) is 6.90. The van der Waals surface area contributed by atoms with Crippen LogP contribution in [0.2, 0.25) is 0 Å². The fourth-order valence-corrected chi connectivity index (χ4v) is 9.08. The first kappa shape index (κ1) is 42.2. The fourth-order valence-electron chi connectivity index (χ4n) is 6.71. The van der Waals surface area contributed by atoms with Crippen LogP contribution in [-0.2, 0) is 0 Å². The van der Waals surface area contributed by atoms with Crippen molar-refractivity contribution in [2.24, 2.45) is 5.41 Å². The van der Waals surface area contributed by atoms with Crippen LogP contribution in [0.4, 0.5) is 0 Å². The lowest BCUT2D eigenvalue weighted by Gasteiger charge is -2.39. The smallest absolute Gasteiger partial charge is 0.0859 e. The van der Waals surface area contributed by atoms with Crippen molar-refractivity contribution >= 4 is 23.5 Å². The van der Waals surface area contributed by atoms with Crippen LogP contribution >= 0.6 is 23.5 Å². The van der Waals surface area contributed by atoms with Gasteiger partial charge in [0.2, 0.25) is 0 Å². The lowest BCUT2D eigenvalue weighted by atomic mass is 9.74. The van der Waals surface area contributed by atoms with Gasteiger partial charge < -0.3 is 5.11 Å². The number of allylic oxidation sites excluding steroid dienone is 2. The van der Waals surface area contributed by atoms with Crippen LogP contribution in [0.3, 0.4) is 0 Å². The van der Waals surface area contributed by atoms with Crippen molar-refractivity contribution in [3.63, 3.8) is 0 Å². The van der Waals surface area contributed by atoms with Gasteiger partial charge >= 0.3 is 0 Å². The second kappa shape index (κ2) is 31.7. The van der Waals surface area contributed by atoms with Crippen molar-refractivity contribution in [2.75, 3.05) is 23.0 Å². The molecule has 0 aliphatic heterocycles. The molecule has 1 N–H and O–H groups in total. The van der Waals surface area contributed by atoms with Crippen molar-refractivity contribution in [1.82, 2.24) is 0 Å². The standard InChI is InChI=1S/C41H78OS2/c1-4-7-10-13-16-18-20-23-26-29-35-43-37-39-32-31-34-41(40(39)42,33-28-25-22-15-12-9-6-3)38-44-36-30-27-24-21-19-17-14-11-8-5-2/h31-32,34,40,42H,4-30,33,35-38H2,1-3H3. The first-order valence-corrected chi connectivity index (χ1v) is 22.2. The molecular weight excluding hydrogens is 573 g/mol. The summed E-state index contributed by atoms with van der Waals surface area (Å²) in [6, 6.07) is 0. The monoisotopic (exact) mass is 651 g/mol. The van der Waals surface area contributed by atoms with E-state index in [0.29, 0.717) is 0 Å². The fraction of sp³-hybridized carbons (Fsp3) is 0.902. The molecule has 260 valence electrons. The van der Waals surface area contributed by atoms with E-state index in [2.05, 4.69) is 62.5 Å². The summed E-state index contributed by atoms with van der Waals surface area (Å²) in [4.78, 5) is 0. The third kappa shape index (κ3) is 22.6. The Morgan fingerprint density at radius 3 is 1.36 bits per heavy atom. The van der Waals surface area contributed by atoms with Crippen LogP contribution in [-0.4, -0.2) is 34.2 Å². The normalized spacial score (nSPS) is 18.3. The van der Waals surface area contributed by atoms with Gasteiger partial charge in [0.25, 0.3) is 0 Å². The van der Waals surface area contributed by atoms with Crippen LogP contribution in [0.5, 0.6) is 0 Å². The molecular formula is C41H78OS2. The molecule has 2 unspecified atom stereocenters. The van der Waals surface area contributed by atoms with Gasteiger partial charge in [-0.05, 0) is 36.3 Å². The number of aliphatic hydroxyl groups is 1. The Labute approximate surface area is 286 Å². The molecule has 0 bridgehead atoms. The van der Waals surface area contributed by atoms with Gasteiger partial charge in [-0.15, -0.1) is 0 Å². The summed E-state index contributed by atoms with van der Waals surface area (Å²) in [7, 11) is 0. The van der Waals surface area contributed by atoms with Crippen molar-refractivity contribution in [3.8, 4) is 0 Å². The minimum Gasteiger partial charge on any atom is -0.388 e. The number of rotatable bonds is 34. The molecule has 0 saturated carbocycles. The third-order valence-corrected chi connectivity index (χ3v) is 12.2. The maximum Gasteiger partial charge on any atom is 0.0859 e. The van der Waals surface area contributed by atoms with Gasteiger partial charge in [0.1, 0.15) is 0 Å². The maximum absolute atomic E-state index is 11.8. The quantitative estimate of drug-likeness (QED) is 0.0700. The van der Waals surface area contributed by atoms with Gasteiger partial charge in [-0.3, -0.25) is 0 Å². The summed E-state index contributed by atoms with van der Waals surface area (Å²) in [5.74, 6) is 4.58. The molecule has 0 heterocycles. The van der Waals surface area contributed by atoms with Gasteiger partial charge in [-0.25, -0.2) is 0 Å². The molecule has 44 heavy (non-hydrogen) atoms. The molecule has 0 spiro atoms. The highest BCUT2D eigenvalue weighted by Gasteiger charge is 2.38. The predicted octanol–water partition coefficient (Wildman–Crippen LogP) is 14.3. The second-order valence-electron chi connectivity index (χ2n) is 14.1. The van der Waals surface area contributed by atoms with Crippen molar-refractivity contribution in [2.45, 2.75) is 207 Å². The molecule has 0 fully saturated rings. The van der Waals surface area contributed by atoms with Crippen molar-refractivity contribution in [3.05, 3.63) is 23.8 Å². The number of thioether (sulfide) groups is 2.